The zero-order valence-electron chi connectivity index (χ0n) is 45.4. The summed E-state index contributed by atoms with van der Waals surface area (Å²) in [6.45, 7) is 4.96. The van der Waals surface area contributed by atoms with E-state index in [0.29, 0.717) is 25.9 Å². The summed E-state index contributed by atoms with van der Waals surface area (Å²) < 4.78 is 5.47. The van der Waals surface area contributed by atoms with Crippen LogP contribution >= 0.6 is 0 Å². The van der Waals surface area contributed by atoms with Gasteiger partial charge in [-0.2, -0.15) is 0 Å². The monoisotopic (exact) mass is 946 g/mol. The van der Waals surface area contributed by atoms with E-state index in [1.165, 1.54) is 263 Å². The molecule has 2 unspecified atom stereocenters. The van der Waals surface area contributed by atoms with Gasteiger partial charge in [-0.15, -0.1) is 0 Å². The average Bonchev–Trinajstić information content (AvgIpc) is 3.33. The van der Waals surface area contributed by atoms with Crippen LogP contribution in [0.3, 0.4) is 0 Å². The predicted molar refractivity (Wildman–Crippen MR) is 292 cm³/mol. The van der Waals surface area contributed by atoms with Crippen LogP contribution in [0, 0.1) is 0 Å². The number of aliphatic hydroxyl groups is 2. The molecule has 0 radical (unpaired) electrons. The van der Waals surface area contributed by atoms with Crippen LogP contribution in [0.4, 0.5) is 0 Å². The number of ether oxygens (including phenoxy) is 1. The molecule has 0 aliphatic carbocycles. The maximum atomic E-state index is 12.5. The molecule has 3 N–H and O–H groups in total. The highest BCUT2D eigenvalue weighted by Gasteiger charge is 2.20. The summed E-state index contributed by atoms with van der Waals surface area (Å²) in [6.07, 6.45) is 67.8. The van der Waals surface area contributed by atoms with Crippen LogP contribution in [0.1, 0.15) is 341 Å². The maximum Gasteiger partial charge on any atom is 0.305 e. The van der Waals surface area contributed by atoms with E-state index in [1.54, 1.807) is 0 Å². The van der Waals surface area contributed by atoms with E-state index in [4.69, 9.17) is 4.74 Å². The standard InChI is InChI=1S/C61H119NO5/c1-3-5-7-9-11-13-15-17-18-26-30-33-37-41-45-49-53-59(64)58(57-63)62-60(65)54-50-46-42-38-34-31-27-24-22-20-19-21-23-25-28-32-36-40-44-48-52-56-67-61(66)55-51-47-43-39-35-29-16-14-12-10-8-6-4-2/h14,16,58-59,63-64H,3-13,15,17-57H2,1-2H3,(H,62,65)/b16-14-. The van der Waals surface area contributed by atoms with Crippen LogP contribution in [-0.2, 0) is 14.3 Å². The number of hydrogen-bond donors (Lipinski definition) is 3. The molecule has 0 bridgehead atoms. The summed E-state index contributed by atoms with van der Waals surface area (Å²) in [5.74, 6) is -0.0300. The molecular weight excluding hydrogens is 827 g/mol. The molecule has 0 aromatic carbocycles. The summed E-state index contributed by atoms with van der Waals surface area (Å²) in [4.78, 5) is 24.5. The van der Waals surface area contributed by atoms with E-state index in [-0.39, 0.29) is 18.5 Å². The van der Waals surface area contributed by atoms with Crippen LogP contribution < -0.4 is 5.32 Å². The van der Waals surface area contributed by atoms with Crippen LogP contribution in [0.15, 0.2) is 12.2 Å². The first kappa shape index (κ1) is 65.6. The molecule has 0 aliphatic heterocycles. The highest BCUT2D eigenvalue weighted by Crippen LogP contribution is 2.18. The molecule has 0 rings (SSSR count). The predicted octanol–water partition coefficient (Wildman–Crippen LogP) is 18.9. The van der Waals surface area contributed by atoms with Crippen molar-refractivity contribution < 1.29 is 24.5 Å². The van der Waals surface area contributed by atoms with Crippen molar-refractivity contribution in [1.29, 1.82) is 0 Å². The second kappa shape index (κ2) is 57.2. The molecule has 0 aliphatic rings. The van der Waals surface area contributed by atoms with Gasteiger partial charge >= 0.3 is 5.97 Å². The first-order valence-corrected chi connectivity index (χ1v) is 30.4. The van der Waals surface area contributed by atoms with Gasteiger partial charge in [0.1, 0.15) is 0 Å². The number of carbonyl (C=O) groups is 2. The molecule has 0 spiro atoms. The minimum Gasteiger partial charge on any atom is -0.466 e. The SMILES string of the molecule is CCCCCC/C=C\CCCCCCCC(=O)OCCCCCCCCCCCCCCCCCCCCCCCC(=O)NC(CO)C(O)CCCCCCCCCCCCCCCCCC. The second-order valence-corrected chi connectivity index (χ2v) is 21.0. The number of unbranched alkanes of at least 4 members (excludes halogenated alkanes) is 44. The Morgan fingerprint density at radius 2 is 0.701 bits per heavy atom. The molecule has 0 saturated heterocycles. The molecule has 2 atom stereocenters. The fourth-order valence-electron chi connectivity index (χ4n) is 9.64. The summed E-state index contributed by atoms with van der Waals surface area (Å²) >= 11 is 0. The average molecular weight is 947 g/mol. The number of nitrogens with one attached hydrogen (secondary N) is 1. The van der Waals surface area contributed by atoms with Crippen molar-refractivity contribution in [3.8, 4) is 0 Å². The minimum absolute atomic E-state index is 0.00340. The van der Waals surface area contributed by atoms with Gasteiger partial charge in [-0.05, 0) is 51.4 Å². The topological polar surface area (TPSA) is 95.9 Å². The van der Waals surface area contributed by atoms with Gasteiger partial charge < -0.3 is 20.3 Å². The Labute approximate surface area is 419 Å². The Morgan fingerprint density at radius 3 is 1.07 bits per heavy atom. The fourth-order valence-corrected chi connectivity index (χ4v) is 9.64. The van der Waals surface area contributed by atoms with E-state index < -0.39 is 12.1 Å². The normalized spacial score (nSPS) is 12.6. The van der Waals surface area contributed by atoms with Crippen molar-refractivity contribution in [2.75, 3.05) is 13.2 Å². The zero-order valence-corrected chi connectivity index (χ0v) is 45.4. The number of carbonyl (C=O) groups excluding carboxylic acids is 2. The van der Waals surface area contributed by atoms with Gasteiger partial charge in [0, 0.05) is 12.8 Å². The van der Waals surface area contributed by atoms with E-state index in [2.05, 4.69) is 31.3 Å². The number of amides is 1. The first-order chi connectivity index (χ1) is 33.0. The van der Waals surface area contributed by atoms with E-state index in [0.717, 1.165) is 44.9 Å². The number of allylic oxidation sites excluding steroid dienone is 2. The van der Waals surface area contributed by atoms with Crippen molar-refractivity contribution in [3.63, 3.8) is 0 Å². The third kappa shape index (κ3) is 53.8. The Morgan fingerprint density at radius 1 is 0.403 bits per heavy atom. The van der Waals surface area contributed by atoms with Crippen molar-refractivity contribution in [2.45, 2.75) is 353 Å². The quantitative estimate of drug-likeness (QED) is 0.0321. The first-order valence-electron chi connectivity index (χ1n) is 30.4. The fraction of sp³-hybridized carbons (Fsp3) is 0.934. The summed E-state index contributed by atoms with van der Waals surface area (Å²) in [5, 5.41) is 23.3. The smallest absolute Gasteiger partial charge is 0.305 e. The van der Waals surface area contributed by atoms with Crippen LogP contribution in [0.2, 0.25) is 0 Å². The largest absolute Gasteiger partial charge is 0.466 e. The van der Waals surface area contributed by atoms with Crippen LogP contribution in [0.5, 0.6) is 0 Å². The van der Waals surface area contributed by atoms with E-state index >= 15 is 0 Å². The molecule has 0 fully saturated rings. The molecule has 398 valence electrons. The number of esters is 1. The lowest BCUT2D eigenvalue weighted by molar-refractivity contribution is -0.143. The summed E-state index contributed by atoms with van der Waals surface area (Å²) in [6, 6.07) is -0.541. The second-order valence-electron chi connectivity index (χ2n) is 21.0. The Bertz CT molecular complexity index is 1000. The lowest BCUT2D eigenvalue weighted by Gasteiger charge is -2.22. The zero-order chi connectivity index (χ0) is 48.6. The number of aliphatic hydroxyl groups excluding tert-OH is 2. The third-order valence-electron chi connectivity index (χ3n) is 14.3. The molecule has 0 heterocycles. The molecule has 67 heavy (non-hydrogen) atoms. The van der Waals surface area contributed by atoms with Gasteiger partial charge in [0.2, 0.25) is 5.91 Å². The third-order valence-corrected chi connectivity index (χ3v) is 14.3. The van der Waals surface area contributed by atoms with Crippen molar-refractivity contribution >= 4 is 11.9 Å². The molecule has 0 saturated carbocycles. The Kier molecular flexibility index (Phi) is 56.0. The van der Waals surface area contributed by atoms with E-state index in [1.807, 2.05) is 0 Å². The highest BCUT2D eigenvalue weighted by atomic mass is 16.5. The van der Waals surface area contributed by atoms with Crippen molar-refractivity contribution in [1.82, 2.24) is 5.32 Å². The molecule has 6 heteroatoms. The van der Waals surface area contributed by atoms with E-state index in [9.17, 15) is 19.8 Å². The molecule has 1 amide bonds. The van der Waals surface area contributed by atoms with Gasteiger partial charge in [-0.3, -0.25) is 9.59 Å². The van der Waals surface area contributed by atoms with Crippen LogP contribution in [-0.4, -0.2) is 47.4 Å². The summed E-state index contributed by atoms with van der Waals surface area (Å²) in [7, 11) is 0. The maximum absolute atomic E-state index is 12.5. The number of rotatable bonds is 57. The van der Waals surface area contributed by atoms with Gasteiger partial charge in [0.25, 0.3) is 0 Å². The van der Waals surface area contributed by atoms with Crippen LogP contribution in [0.25, 0.3) is 0 Å². The molecule has 0 aromatic rings. The molecular formula is C61H119NO5. The van der Waals surface area contributed by atoms with Gasteiger partial charge in [0.05, 0.1) is 25.4 Å². The molecule has 0 aromatic heterocycles. The minimum atomic E-state index is -0.664. The van der Waals surface area contributed by atoms with Crippen molar-refractivity contribution in [2.24, 2.45) is 0 Å². The Balaban J connectivity index is 3.38. The van der Waals surface area contributed by atoms with Crippen molar-refractivity contribution in [3.05, 3.63) is 12.2 Å². The van der Waals surface area contributed by atoms with Gasteiger partial charge in [0.15, 0.2) is 0 Å². The highest BCUT2D eigenvalue weighted by molar-refractivity contribution is 5.76. The molecule has 6 nitrogen and oxygen atoms in total. The van der Waals surface area contributed by atoms with Gasteiger partial charge in [-0.25, -0.2) is 0 Å². The lowest BCUT2D eigenvalue weighted by atomic mass is 10.0. The summed E-state index contributed by atoms with van der Waals surface area (Å²) in [5.41, 5.74) is 0. The lowest BCUT2D eigenvalue weighted by Crippen LogP contribution is -2.45. The Hall–Kier alpha value is -1.40. The van der Waals surface area contributed by atoms with Gasteiger partial charge in [-0.1, -0.05) is 289 Å². The number of hydrogen-bond acceptors (Lipinski definition) is 5.